The minimum atomic E-state index is -0.581. The fourth-order valence-electron chi connectivity index (χ4n) is 2.72. The van der Waals surface area contributed by atoms with Crippen molar-refractivity contribution in [2.24, 2.45) is 0 Å². The lowest BCUT2D eigenvalue weighted by Gasteiger charge is -2.38. The van der Waals surface area contributed by atoms with Gasteiger partial charge < -0.3 is 19.1 Å². The van der Waals surface area contributed by atoms with E-state index in [2.05, 4.69) is 21.9 Å². The largest absolute Gasteiger partial charge is 0.495 e. The van der Waals surface area contributed by atoms with E-state index in [-0.39, 0.29) is 12.0 Å². The van der Waals surface area contributed by atoms with Gasteiger partial charge in [0.2, 0.25) is 0 Å². The molecule has 1 fully saturated rings. The first-order valence-corrected chi connectivity index (χ1v) is 10.3. The molecule has 1 aromatic heterocycles. The van der Waals surface area contributed by atoms with Gasteiger partial charge in [-0.25, -0.2) is 9.78 Å². The van der Waals surface area contributed by atoms with E-state index in [1.54, 1.807) is 60.5 Å². The van der Waals surface area contributed by atoms with Crippen molar-refractivity contribution in [1.29, 1.82) is 0 Å². The van der Waals surface area contributed by atoms with E-state index >= 15 is 0 Å². The molecule has 3 rings (SSSR count). The Labute approximate surface area is 174 Å². The number of carbonyl (C=O) groups excluding carboxylic acids is 2. The molecular weight excluding hydrogens is 392 g/mol. The second kappa shape index (κ2) is 10.0. The second-order valence-corrected chi connectivity index (χ2v) is 7.34. The number of amides is 2. The lowest BCUT2D eigenvalue weighted by molar-refractivity contribution is -0.00208. The van der Waals surface area contributed by atoms with Crippen LogP contribution in [0.1, 0.15) is 23.7 Å². The summed E-state index contributed by atoms with van der Waals surface area (Å²) in [5, 5.41) is 2.56. The summed E-state index contributed by atoms with van der Waals surface area (Å²) < 4.78 is 13.9. The molecule has 0 unspecified atom stereocenters. The van der Waals surface area contributed by atoms with Gasteiger partial charge in [0.15, 0.2) is 0 Å². The molecule has 2 amide bonds. The van der Waals surface area contributed by atoms with E-state index in [9.17, 15) is 9.59 Å². The third-order valence-electron chi connectivity index (χ3n) is 4.24. The minimum Gasteiger partial charge on any atom is -0.495 e. The number of nitrogens with one attached hydrogen (secondary N) is 2. The smallest absolute Gasteiger partial charge is 0.413 e. The predicted octanol–water partition coefficient (Wildman–Crippen LogP) is 3.63. The molecule has 2 heterocycles. The Morgan fingerprint density at radius 3 is 2.79 bits per heavy atom. The number of hydrogen-bond acceptors (Lipinski definition) is 7. The first-order valence-electron chi connectivity index (χ1n) is 9.34. The van der Waals surface area contributed by atoms with Gasteiger partial charge in [0.1, 0.15) is 17.7 Å². The Hall–Kier alpha value is -2.94. The maximum Gasteiger partial charge on any atom is 0.413 e. The topological polar surface area (TPSA) is 92.8 Å². The average Bonchev–Trinajstić information content (AvgIpc) is 2.71. The number of benzene rings is 1. The highest BCUT2D eigenvalue weighted by Crippen LogP contribution is 2.29. The van der Waals surface area contributed by atoms with Crippen LogP contribution in [0.5, 0.6) is 5.75 Å². The number of hydrogen-bond donors (Lipinski definition) is 2. The van der Waals surface area contributed by atoms with Crippen molar-refractivity contribution in [1.82, 2.24) is 9.88 Å². The Morgan fingerprint density at radius 2 is 2.10 bits per heavy atom. The van der Waals surface area contributed by atoms with E-state index in [4.69, 9.17) is 9.47 Å². The summed E-state index contributed by atoms with van der Waals surface area (Å²) in [6.07, 6.45) is 1.73. The highest BCUT2D eigenvalue weighted by Gasteiger charge is 2.34. The van der Waals surface area contributed by atoms with Crippen molar-refractivity contribution < 1.29 is 19.1 Å². The first-order chi connectivity index (χ1) is 14.1. The van der Waals surface area contributed by atoms with Crippen LogP contribution in [0.25, 0.3) is 0 Å². The van der Waals surface area contributed by atoms with Crippen molar-refractivity contribution in [3.63, 3.8) is 0 Å². The summed E-state index contributed by atoms with van der Waals surface area (Å²) >= 11 is 1.59. The highest BCUT2D eigenvalue weighted by molar-refractivity contribution is 8.00. The Bertz CT molecular complexity index is 844. The molecule has 1 aliphatic heterocycles. The molecule has 154 valence electrons. The van der Waals surface area contributed by atoms with Gasteiger partial charge >= 0.3 is 6.09 Å². The minimum absolute atomic E-state index is 0.124. The summed E-state index contributed by atoms with van der Waals surface area (Å²) in [5.41, 5.74) is 1.36. The molecule has 29 heavy (non-hydrogen) atoms. The van der Waals surface area contributed by atoms with E-state index in [0.29, 0.717) is 30.2 Å². The molecule has 2 aromatic rings. The van der Waals surface area contributed by atoms with Crippen molar-refractivity contribution in [3.8, 4) is 5.75 Å². The van der Waals surface area contributed by atoms with Gasteiger partial charge in [-0.1, -0.05) is 24.9 Å². The van der Waals surface area contributed by atoms with E-state index in [1.165, 1.54) is 0 Å². The Kier molecular flexibility index (Phi) is 7.18. The number of pyridine rings is 1. The zero-order valence-electron chi connectivity index (χ0n) is 16.4. The summed E-state index contributed by atoms with van der Waals surface area (Å²) in [6.45, 7) is 2.81. The molecule has 8 nitrogen and oxygen atoms in total. The van der Waals surface area contributed by atoms with Crippen LogP contribution in [0.15, 0.2) is 42.6 Å². The van der Waals surface area contributed by atoms with Crippen molar-refractivity contribution >= 4 is 35.5 Å². The van der Waals surface area contributed by atoms with Crippen LogP contribution in [0, 0.1) is 0 Å². The van der Waals surface area contributed by atoms with E-state index < -0.39 is 6.09 Å². The number of carbonyl (C=O) groups is 2. The van der Waals surface area contributed by atoms with Gasteiger partial charge in [0, 0.05) is 17.5 Å². The fourth-order valence-corrected chi connectivity index (χ4v) is 3.35. The van der Waals surface area contributed by atoms with Crippen molar-refractivity contribution in [3.05, 3.63) is 48.2 Å². The lowest BCUT2D eigenvalue weighted by atomic mass is 10.1. The van der Waals surface area contributed by atoms with Gasteiger partial charge in [-0.2, -0.15) is 0 Å². The zero-order valence-corrected chi connectivity index (χ0v) is 17.2. The number of aromatic nitrogens is 1. The van der Waals surface area contributed by atoms with Crippen LogP contribution in [0.3, 0.4) is 0 Å². The van der Waals surface area contributed by atoms with Crippen LogP contribution < -0.4 is 14.8 Å². The van der Waals surface area contributed by atoms with Crippen LogP contribution >= 0.6 is 11.9 Å². The van der Waals surface area contributed by atoms with Gasteiger partial charge in [0.25, 0.3) is 5.91 Å². The van der Waals surface area contributed by atoms with Crippen molar-refractivity contribution in [2.45, 2.75) is 19.4 Å². The maximum atomic E-state index is 12.7. The quantitative estimate of drug-likeness (QED) is 0.501. The molecule has 2 N–H and O–H groups in total. The van der Waals surface area contributed by atoms with Gasteiger partial charge in [-0.05, 0) is 36.8 Å². The number of nitrogens with zero attached hydrogens (tertiary/aromatic N) is 2. The summed E-state index contributed by atoms with van der Waals surface area (Å²) in [7, 11) is 1.58. The van der Waals surface area contributed by atoms with E-state index in [0.717, 1.165) is 17.9 Å². The van der Waals surface area contributed by atoms with Gasteiger partial charge in [0.05, 0.1) is 25.9 Å². The molecule has 0 atom stereocenters. The highest BCUT2D eigenvalue weighted by atomic mass is 32.2. The average molecular weight is 417 g/mol. The second-order valence-electron chi connectivity index (χ2n) is 6.44. The van der Waals surface area contributed by atoms with Crippen molar-refractivity contribution in [2.75, 3.05) is 36.0 Å². The molecular formula is C20H24N4O4S. The van der Waals surface area contributed by atoms with Crippen LogP contribution in [0.4, 0.5) is 16.3 Å². The predicted molar refractivity (Wildman–Crippen MR) is 113 cm³/mol. The van der Waals surface area contributed by atoms with Gasteiger partial charge in [-0.3, -0.25) is 10.1 Å². The Morgan fingerprint density at radius 1 is 1.28 bits per heavy atom. The molecule has 0 bridgehead atoms. The zero-order chi connectivity index (χ0) is 20.6. The van der Waals surface area contributed by atoms with Crippen LogP contribution in [-0.2, 0) is 4.74 Å². The molecule has 1 aliphatic rings. The summed E-state index contributed by atoms with van der Waals surface area (Å²) in [4.78, 5) is 30.2. The van der Waals surface area contributed by atoms with Gasteiger partial charge in [-0.15, -0.1) is 0 Å². The molecule has 0 spiro atoms. The first kappa shape index (κ1) is 20.8. The molecule has 0 saturated carbocycles. The number of methoxy groups -OCH3 is 1. The number of rotatable bonds is 8. The number of ether oxygens (including phenoxy) is 2. The molecule has 1 saturated heterocycles. The molecule has 0 radical (unpaired) electrons. The standard InChI is InChI=1S/C20H24N4O4S/c1-3-10-29-23-16-8-7-14(11-17(16)27-2)19(25)24-12-15(13-24)28-20(26)22-18-6-4-5-9-21-18/h4-9,11,15,23H,3,10,12-13H2,1-2H3,(H,21,22,26). The monoisotopic (exact) mass is 416 g/mol. The van der Waals surface area contributed by atoms with E-state index in [1.807, 2.05) is 6.07 Å². The third kappa shape index (κ3) is 5.54. The van der Waals surface area contributed by atoms with Crippen LogP contribution in [0.2, 0.25) is 0 Å². The SMILES string of the molecule is CCCSNc1ccc(C(=O)N2CC(OC(=O)Nc3ccccn3)C2)cc1OC. The molecule has 1 aromatic carbocycles. The lowest BCUT2D eigenvalue weighted by Crippen LogP contribution is -2.55. The Balaban J connectivity index is 1.50. The number of anilines is 2. The normalized spacial score (nSPS) is 13.4. The third-order valence-corrected chi connectivity index (χ3v) is 5.22. The fraction of sp³-hybridized carbons (Fsp3) is 0.350. The molecule has 0 aliphatic carbocycles. The maximum absolute atomic E-state index is 12.7. The summed E-state index contributed by atoms with van der Waals surface area (Å²) in [6, 6.07) is 10.5. The number of likely N-dealkylation sites (tertiary alicyclic amines) is 1. The van der Waals surface area contributed by atoms with Crippen LogP contribution in [-0.4, -0.2) is 53.9 Å². The summed E-state index contributed by atoms with van der Waals surface area (Å²) in [5.74, 6) is 1.89. The molecule has 9 heteroatoms.